The van der Waals surface area contributed by atoms with Gasteiger partial charge in [0, 0.05) is 24.2 Å². The molecule has 4 nitrogen and oxygen atoms in total. The van der Waals surface area contributed by atoms with E-state index in [0.29, 0.717) is 17.0 Å². The van der Waals surface area contributed by atoms with Gasteiger partial charge >= 0.3 is 0 Å². The number of amides is 1. The molecule has 3 heterocycles. The van der Waals surface area contributed by atoms with Crippen LogP contribution in [0.4, 0.5) is 4.39 Å². The lowest BCUT2D eigenvalue weighted by Crippen LogP contribution is -2.42. The van der Waals surface area contributed by atoms with Crippen LogP contribution < -0.4 is 5.32 Å². The fourth-order valence-electron chi connectivity index (χ4n) is 3.74. The molecule has 0 aliphatic carbocycles. The van der Waals surface area contributed by atoms with Crippen molar-refractivity contribution in [1.82, 2.24) is 15.2 Å². The quantitative estimate of drug-likeness (QED) is 0.909. The molecule has 1 aromatic carbocycles. The van der Waals surface area contributed by atoms with E-state index in [1.807, 2.05) is 6.92 Å². The lowest BCUT2D eigenvalue weighted by atomic mass is 10.1. The van der Waals surface area contributed by atoms with Gasteiger partial charge in [-0.05, 0) is 57.0 Å². The van der Waals surface area contributed by atoms with Gasteiger partial charge in [-0.1, -0.05) is 0 Å². The van der Waals surface area contributed by atoms with Gasteiger partial charge in [-0.2, -0.15) is 0 Å². The Morgan fingerprint density at radius 3 is 2.79 bits per heavy atom. The smallest absolute Gasteiger partial charge is 0.266 e. The molecule has 0 saturated carbocycles. The second kappa shape index (κ2) is 6.26. The zero-order chi connectivity index (χ0) is 16.7. The molecule has 0 spiro atoms. The van der Waals surface area contributed by atoms with Crippen molar-refractivity contribution in [2.24, 2.45) is 0 Å². The summed E-state index contributed by atoms with van der Waals surface area (Å²) in [6.45, 7) is 3.74. The summed E-state index contributed by atoms with van der Waals surface area (Å²) in [7, 11) is 0. The molecule has 1 N–H and O–H groups in total. The molecule has 2 bridgehead atoms. The van der Waals surface area contributed by atoms with Crippen LogP contribution in [0.5, 0.6) is 0 Å². The maximum Gasteiger partial charge on any atom is 0.266 e. The standard InChI is InChI=1S/C18H20FN3OS/c1-11-16(24-17(21-11)12-2-4-13(19)5-3-12)18(23)22-14-6-7-15(22)10-20-9-8-14/h2-5,14-15,20H,6-10H2,1H3. The third-order valence-electron chi connectivity index (χ3n) is 4.97. The summed E-state index contributed by atoms with van der Waals surface area (Å²) >= 11 is 1.41. The van der Waals surface area contributed by atoms with Crippen molar-refractivity contribution < 1.29 is 9.18 Å². The van der Waals surface area contributed by atoms with Gasteiger partial charge in [-0.3, -0.25) is 4.79 Å². The molecule has 1 aromatic heterocycles. The molecule has 2 saturated heterocycles. The lowest BCUT2D eigenvalue weighted by molar-refractivity contribution is 0.0684. The van der Waals surface area contributed by atoms with E-state index >= 15 is 0 Å². The number of aromatic nitrogens is 1. The molecule has 6 heteroatoms. The van der Waals surface area contributed by atoms with E-state index < -0.39 is 0 Å². The number of aryl methyl sites for hydroxylation is 1. The molecule has 2 fully saturated rings. The van der Waals surface area contributed by atoms with Crippen LogP contribution in [0.1, 0.15) is 34.6 Å². The monoisotopic (exact) mass is 345 g/mol. The van der Waals surface area contributed by atoms with Gasteiger partial charge < -0.3 is 10.2 Å². The molecule has 0 radical (unpaired) electrons. The largest absolute Gasteiger partial charge is 0.331 e. The first-order valence-electron chi connectivity index (χ1n) is 8.40. The first kappa shape index (κ1) is 15.7. The Balaban J connectivity index is 1.64. The van der Waals surface area contributed by atoms with Crippen molar-refractivity contribution in [1.29, 1.82) is 0 Å². The number of carbonyl (C=O) groups is 1. The number of hydrogen-bond acceptors (Lipinski definition) is 4. The summed E-state index contributed by atoms with van der Waals surface area (Å²) in [4.78, 5) is 20.5. The number of carbonyl (C=O) groups excluding carboxylic acids is 1. The van der Waals surface area contributed by atoms with Crippen LogP contribution in [0.3, 0.4) is 0 Å². The normalized spacial score (nSPS) is 23.3. The number of rotatable bonds is 2. The lowest BCUT2D eigenvalue weighted by Gasteiger charge is -2.27. The minimum absolute atomic E-state index is 0.106. The maximum absolute atomic E-state index is 13.1. The third kappa shape index (κ3) is 2.74. The molecule has 2 aromatic rings. The van der Waals surface area contributed by atoms with Gasteiger partial charge in [-0.25, -0.2) is 9.37 Å². The fraction of sp³-hybridized carbons (Fsp3) is 0.444. The molecular weight excluding hydrogens is 325 g/mol. The fourth-order valence-corrected chi connectivity index (χ4v) is 4.76. The minimum atomic E-state index is -0.267. The zero-order valence-electron chi connectivity index (χ0n) is 13.6. The molecule has 126 valence electrons. The predicted octanol–water partition coefficient (Wildman–Crippen LogP) is 3.22. The molecule has 2 unspecified atom stereocenters. The number of thiazole rings is 1. The number of hydrogen-bond donors (Lipinski definition) is 1. The highest BCUT2D eigenvalue weighted by atomic mass is 32.1. The van der Waals surface area contributed by atoms with Crippen LogP contribution in [-0.2, 0) is 0 Å². The molecule has 2 aliphatic rings. The highest BCUT2D eigenvalue weighted by Gasteiger charge is 2.39. The summed E-state index contributed by atoms with van der Waals surface area (Å²) in [6, 6.07) is 6.90. The maximum atomic E-state index is 13.1. The highest BCUT2D eigenvalue weighted by molar-refractivity contribution is 7.17. The Morgan fingerprint density at radius 1 is 1.25 bits per heavy atom. The summed E-state index contributed by atoms with van der Waals surface area (Å²) in [5.41, 5.74) is 1.62. The van der Waals surface area contributed by atoms with E-state index in [1.165, 1.54) is 23.5 Å². The molecule has 24 heavy (non-hydrogen) atoms. The summed E-state index contributed by atoms with van der Waals surface area (Å²) in [6.07, 6.45) is 3.19. The Morgan fingerprint density at radius 2 is 2.00 bits per heavy atom. The van der Waals surface area contributed by atoms with Crippen molar-refractivity contribution >= 4 is 17.2 Å². The number of benzene rings is 1. The molecule has 2 atom stereocenters. The van der Waals surface area contributed by atoms with Crippen molar-refractivity contribution in [3.8, 4) is 10.6 Å². The van der Waals surface area contributed by atoms with Gasteiger partial charge in [0.25, 0.3) is 5.91 Å². The van der Waals surface area contributed by atoms with Crippen LogP contribution in [0, 0.1) is 12.7 Å². The first-order chi connectivity index (χ1) is 11.6. The van der Waals surface area contributed by atoms with E-state index in [4.69, 9.17) is 0 Å². The summed E-state index contributed by atoms with van der Waals surface area (Å²) < 4.78 is 13.1. The molecule has 1 amide bonds. The van der Waals surface area contributed by atoms with Gasteiger partial charge in [0.05, 0.1) is 5.69 Å². The van der Waals surface area contributed by atoms with E-state index in [2.05, 4.69) is 15.2 Å². The Hall–Kier alpha value is -1.79. The van der Waals surface area contributed by atoms with Crippen molar-refractivity contribution in [3.63, 3.8) is 0 Å². The van der Waals surface area contributed by atoms with Crippen LogP contribution >= 0.6 is 11.3 Å². The van der Waals surface area contributed by atoms with Gasteiger partial charge in [-0.15, -0.1) is 11.3 Å². The average Bonchev–Trinajstić information content (AvgIpc) is 3.06. The van der Waals surface area contributed by atoms with E-state index in [-0.39, 0.29) is 11.7 Å². The first-order valence-corrected chi connectivity index (χ1v) is 9.22. The Bertz CT molecular complexity index is 744. The molecular formula is C18H20FN3OS. The minimum Gasteiger partial charge on any atom is -0.331 e. The zero-order valence-corrected chi connectivity index (χ0v) is 14.4. The Kier molecular flexibility index (Phi) is 4.10. The van der Waals surface area contributed by atoms with Crippen molar-refractivity contribution in [2.75, 3.05) is 13.1 Å². The number of fused-ring (bicyclic) bond motifs is 2. The Labute approximate surface area is 144 Å². The van der Waals surface area contributed by atoms with E-state index in [0.717, 1.165) is 48.6 Å². The average molecular weight is 345 g/mol. The van der Waals surface area contributed by atoms with Gasteiger partial charge in [0.2, 0.25) is 0 Å². The van der Waals surface area contributed by atoms with Crippen LogP contribution in [0.2, 0.25) is 0 Å². The van der Waals surface area contributed by atoms with E-state index in [1.54, 1.807) is 12.1 Å². The van der Waals surface area contributed by atoms with E-state index in [9.17, 15) is 9.18 Å². The van der Waals surface area contributed by atoms with Crippen molar-refractivity contribution in [2.45, 2.75) is 38.3 Å². The molecule has 4 rings (SSSR count). The van der Waals surface area contributed by atoms with Crippen LogP contribution in [0.15, 0.2) is 24.3 Å². The second-order valence-electron chi connectivity index (χ2n) is 6.53. The number of halogens is 1. The SMILES string of the molecule is Cc1nc(-c2ccc(F)cc2)sc1C(=O)N1C2CCNCC1CC2. The van der Waals surface area contributed by atoms with Crippen LogP contribution in [-0.4, -0.2) is 41.0 Å². The third-order valence-corrected chi connectivity index (χ3v) is 6.17. The van der Waals surface area contributed by atoms with Crippen molar-refractivity contribution in [3.05, 3.63) is 40.7 Å². The van der Waals surface area contributed by atoms with Gasteiger partial charge in [0.1, 0.15) is 15.7 Å². The molecule has 2 aliphatic heterocycles. The highest BCUT2D eigenvalue weighted by Crippen LogP contribution is 2.34. The number of nitrogens with one attached hydrogen (secondary N) is 1. The summed E-state index contributed by atoms with van der Waals surface area (Å²) in [5.74, 6) is -0.161. The predicted molar refractivity (Wildman–Crippen MR) is 92.7 cm³/mol. The second-order valence-corrected chi connectivity index (χ2v) is 7.53. The summed E-state index contributed by atoms with van der Waals surface area (Å²) in [5, 5.41) is 4.20. The number of nitrogens with zero attached hydrogens (tertiary/aromatic N) is 2. The van der Waals surface area contributed by atoms with Crippen LogP contribution in [0.25, 0.3) is 10.6 Å². The van der Waals surface area contributed by atoms with Gasteiger partial charge in [0.15, 0.2) is 0 Å². The topological polar surface area (TPSA) is 45.2 Å².